The van der Waals surface area contributed by atoms with Crippen molar-refractivity contribution in [3.8, 4) is 5.75 Å². The Labute approximate surface area is 124 Å². The molecule has 3 N–H and O–H groups in total. The lowest BCUT2D eigenvalue weighted by Crippen LogP contribution is -2.25. The molecule has 1 aromatic rings. The van der Waals surface area contributed by atoms with E-state index in [2.05, 4.69) is 5.32 Å². The third kappa shape index (κ3) is 5.33. The number of nitrogens with two attached hydrogens (primary N) is 1. The van der Waals surface area contributed by atoms with Crippen molar-refractivity contribution < 1.29 is 22.7 Å². The van der Waals surface area contributed by atoms with Crippen LogP contribution in [0.2, 0.25) is 0 Å². The van der Waals surface area contributed by atoms with Crippen LogP contribution in [-0.2, 0) is 14.8 Å². The van der Waals surface area contributed by atoms with Gasteiger partial charge in [-0.15, -0.1) is 0 Å². The van der Waals surface area contributed by atoms with E-state index in [1.165, 1.54) is 25.3 Å². The summed E-state index contributed by atoms with van der Waals surface area (Å²) in [7, 11) is -1.01. The molecule has 1 rings (SSSR count). The van der Waals surface area contributed by atoms with E-state index in [0.717, 1.165) is 12.8 Å². The third-order valence-electron chi connectivity index (χ3n) is 2.79. The van der Waals surface area contributed by atoms with Gasteiger partial charge in [0.05, 0.1) is 7.11 Å². The van der Waals surface area contributed by atoms with Gasteiger partial charge in [-0.25, -0.2) is 13.6 Å². The van der Waals surface area contributed by atoms with Crippen LogP contribution in [-0.4, -0.2) is 41.7 Å². The number of benzene rings is 1. The van der Waals surface area contributed by atoms with Crippen molar-refractivity contribution in [1.29, 1.82) is 0 Å². The molecule has 0 unspecified atom stereocenters. The fourth-order valence-corrected chi connectivity index (χ4v) is 2.44. The summed E-state index contributed by atoms with van der Waals surface area (Å²) in [6.07, 6.45) is 1.61. The predicted octanol–water partition coefficient (Wildman–Crippen LogP) is 0.499. The summed E-state index contributed by atoms with van der Waals surface area (Å²) in [5, 5.41) is 7.81. The lowest BCUT2D eigenvalue weighted by Gasteiger charge is -2.09. The molecule has 0 bridgehead atoms. The van der Waals surface area contributed by atoms with Gasteiger partial charge < -0.3 is 14.8 Å². The van der Waals surface area contributed by atoms with E-state index in [1.54, 1.807) is 7.11 Å². The van der Waals surface area contributed by atoms with Gasteiger partial charge in [-0.1, -0.05) is 0 Å². The number of rotatable bonds is 8. The average molecular weight is 316 g/mol. The Balaban J connectivity index is 2.77. The van der Waals surface area contributed by atoms with Gasteiger partial charge in [0.15, 0.2) is 0 Å². The summed E-state index contributed by atoms with van der Waals surface area (Å²) in [6.45, 7) is 1.12. The van der Waals surface area contributed by atoms with Crippen LogP contribution in [0, 0.1) is 0 Å². The van der Waals surface area contributed by atoms with E-state index in [4.69, 9.17) is 14.6 Å². The highest BCUT2D eigenvalue weighted by Gasteiger charge is 2.17. The summed E-state index contributed by atoms with van der Waals surface area (Å²) in [5.74, 6) is -0.255. The monoisotopic (exact) mass is 316 g/mol. The third-order valence-corrected chi connectivity index (χ3v) is 3.73. The molecule has 0 saturated heterocycles. The quantitative estimate of drug-likeness (QED) is 0.679. The number of primary sulfonamides is 1. The van der Waals surface area contributed by atoms with Crippen LogP contribution in [0.15, 0.2) is 23.1 Å². The Morgan fingerprint density at radius 3 is 2.57 bits per heavy atom. The Morgan fingerprint density at radius 1 is 1.29 bits per heavy atom. The van der Waals surface area contributed by atoms with E-state index >= 15 is 0 Å². The minimum absolute atomic E-state index is 0.106. The van der Waals surface area contributed by atoms with Crippen molar-refractivity contribution >= 4 is 15.9 Å². The van der Waals surface area contributed by atoms with Gasteiger partial charge in [-0.3, -0.25) is 4.79 Å². The molecule has 0 aliphatic heterocycles. The number of unbranched alkanes of at least 4 members (excludes halogenated alkanes) is 1. The molecule has 8 heteroatoms. The number of methoxy groups -OCH3 is 2. The Kier molecular flexibility index (Phi) is 6.60. The smallest absolute Gasteiger partial charge is 0.251 e. The van der Waals surface area contributed by atoms with Crippen LogP contribution in [0.3, 0.4) is 0 Å². The number of nitrogens with one attached hydrogen (secondary N) is 1. The first-order chi connectivity index (χ1) is 9.90. The van der Waals surface area contributed by atoms with Crippen molar-refractivity contribution in [2.24, 2.45) is 5.14 Å². The Hall–Kier alpha value is -1.64. The van der Waals surface area contributed by atoms with Crippen molar-refractivity contribution in [3.63, 3.8) is 0 Å². The second-order valence-corrected chi connectivity index (χ2v) is 5.90. The molecule has 21 heavy (non-hydrogen) atoms. The molecule has 7 nitrogen and oxygen atoms in total. The van der Waals surface area contributed by atoms with Gasteiger partial charge in [0.1, 0.15) is 10.6 Å². The van der Waals surface area contributed by atoms with Crippen LogP contribution < -0.4 is 15.2 Å². The van der Waals surface area contributed by atoms with Gasteiger partial charge in [-0.05, 0) is 31.0 Å². The Morgan fingerprint density at radius 2 is 2.00 bits per heavy atom. The van der Waals surface area contributed by atoms with E-state index in [-0.39, 0.29) is 22.1 Å². The van der Waals surface area contributed by atoms with E-state index in [1.807, 2.05) is 0 Å². The summed E-state index contributed by atoms with van der Waals surface area (Å²) in [6, 6.07) is 4.09. The number of sulfonamides is 1. The maximum absolute atomic E-state index is 11.9. The first-order valence-corrected chi connectivity index (χ1v) is 7.92. The summed E-state index contributed by atoms with van der Waals surface area (Å²) < 4.78 is 32.8. The van der Waals surface area contributed by atoms with Crippen molar-refractivity contribution in [1.82, 2.24) is 5.32 Å². The fourth-order valence-electron chi connectivity index (χ4n) is 1.72. The van der Waals surface area contributed by atoms with E-state index in [9.17, 15) is 13.2 Å². The first kappa shape index (κ1) is 17.4. The lowest BCUT2D eigenvalue weighted by molar-refractivity contribution is 0.0951. The maximum atomic E-state index is 11.9. The first-order valence-electron chi connectivity index (χ1n) is 6.38. The summed E-state index contributed by atoms with van der Waals surface area (Å²) in [4.78, 5) is 11.7. The maximum Gasteiger partial charge on any atom is 0.251 e. The number of carbonyl (C=O) groups is 1. The molecule has 0 fully saturated rings. The zero-order valence-electron chi connectivity index (χ0n) is 12.1. The number of carbonyl (C=O) groups excluding carboxylic acids is 1. The molecule has 0 aliphatic carbocycles. The lowest BCUT2D eigenvalue weighted by atomic mass is 10.2. The van der Waals surface area contributed by atoms with Crippen LogP contribution in [0.5, 0.6) is 5.75 Å². The molecule has 0 aromatic heterocycles. The number of amides is 1. The van der Waals surface area contributed by atoms with Crippen molar-refractivity contribution in [3.05, 3.63) is 23.8 Å². The summed E-state index contributed by atoms with van der Waals surface area (Å²) in [5.41, 5.74) is 0.214. The van der Waals surface area contributed by atoms with Crippen LogP contribution >= 0.6 is 0 Å². The fraction of sp³-hybridized carbons (Fsp3) is 0.462. The predicted molar refractivity (Wildman–Crippen MR) is 77.8 cm³/mol. The minimum atomic E-state index is -3.96. The zero-order chi connectivity index (χ0) is 15.9. The van der Waals surface area contributed by atoms with Crippen molar-refractivity contribution in [2.45, 2.75) is 17.7 Å². The zero-order valence-corrected chi connectivity index (χ0v) is 12.9. The SMILES string of the molecule is COCCCCNC(=O)c1ccc(OC)c(S(N)(=O)=O)c1. The largest absolute Gasteiger partial charge is 0.495 e. The minimum Gasteiger partial charge on any atom is -0.495 e. The van der Waals surface area contributed by atoms with Crippen molar-refractivity contribution in [2.75, 3.05) is 27.4 Å². The average Bonchev–Trinajstić information content (AvgIpc) is 2.45. The topological polar surface area (TPSA) is 108 Å². The van der Waals surface area contributed by atoms with E-state index in [0.29, 0.717) is 13.2 Å². The Bertz CT molecular complexity index is 586. The molecule has 0 aliphatic rings. The molecule has 1 amide bonds. The molecule has 0 atom stereocenters. The van der Waals surface area contributed by atoms with Gasteiger partial charge in [0.2, 0.25) is 10.0 Å². The standard InChI is InChI=1S/C13H20N2O5S/c1-19-8-4-3-7-15-13(16)10-5-6-11(20-2)12(9-10)21(14,17)18/h5-6,9H,3-4,7-8H2,1-2H3,(H,15,16)(H2,14,17,18). The highest BCUT2D eigenvalue weighted by molar-refractivity contribution is 7.89. The highest BCUT2D eigenvalue weighted by Crippen LogP contribution is 2.23. The second kappa shape index (κ2) is 7.96. The van der Waals surface area contributed by atoms with Gasteiger partial charge in [0, 0.05) is 25.8 Å². The molecule has 0 saturated carbocycles. The number of hydrogen-bond acceptors (Lipinski definition) is 5. The number of ether oxygens (including phenoxy) is 2. The van der Waals surface area contributed by atoms with E-state index < -0.39 is 10.0 Å². The van der Waals surface area contributed by atoms with Gasteiger partial charge in [-0.2, -0.15) is 0 Å². The number of hydrogen-bond donors (Lipinski definition) is 2. The van der Waals surface area contributed by atoms with Gasteiger partial charge >= 0.3 is 0 Å². The van der Waals surface area contributed by atoms with Gasteiger partial charge in [0.25, 0.3) is 5.91 Å². The van der Waals surface area contributed by atoms with Crippen LogP contribution in [0.4, 0.5) is 0 Å². The highest BCUT2D eigenvalue weighted by atomic mass is 32.2. The molecular weight excluding hydrogens is 296 g/mol. The van der Waals surface area contributed by atoms with Crippen LogP contribution in [0.25, 0.3) is 0 Å². The summed E-state index contributed by atoms with van der Waals surface area (Å²) >= 11 is 0. The molecule has 0 spiro atoms. The molecule has 0 radical (unpaired) electrons. The molecule has 1 aromatic carbocycles. The molecule has 118 valence electrons. The second-order valence-electron chi connectivity index (χ2n) is 4.37. The molecule has 0 heterocycles. The normalized spacial score (nSPS) is 11.2. The molecular formula is C13H20N2O5S. The van der Waals surface area contributed by atoms with Crippen LogP contribution in [0.1, 0.15) is 23.2 Å².